The van der Waals surface area contributed by atoms with Crippen LogP contribution in [0.1, 0.15) is 60.4 Å². The van der Waals surface area contributed by atoms with Gasteiger partial charge in [-0.1, -0.05) is 43.5 Å². The van der Waals surface area contributed by atoms with Gasteiger partial charge in [-0.25, -0.2) is 4.39 Å². The van der Waals surface area contributed by atoms with Crippen molar-refractivity contribution in [2.75, 3.05) is 0 Å². The van der Waals surface area contributed by atoms with Crippen LogP contribution in [0.15, 0.2) is 48.0 Å². The molecule has 2 aromatic carbocycles. The minimum Gasteiger partial charge on any atom is -0.507 e. The van der Waals surface area contributed by atoms with Gasteiger partial charge >= 0.3 is 0 Å². The number of aryl methyl sites for hydroxylation is 2. The number of hydrogen-bond acceptors (Lipinski definition) is 3. The molecule has 0 bridgehead atoms. The second-order valence-corrected chi connectivity index (χ2v) is 8.32. The molecule has 2 aromatic rings. The van der Waals surface area contributed by atoms with Crippen LogP contribution in [-0.2, 0) is 9.59 Å². The first-order valence-electron chi connectivity index (χ1n) is 10.5. The van der Waals surface area contributed by atoms with Crippen molar-refractivity contribution in [1.82, 2.24) is 4.90 Å². The van der Waals surface area contributed by atoms with E-state index in [-0.39, 0.29) is 23.2 Å². The normalized spacial score (nSPS) is 22.0. The summed E-state index contributed by atoms with van der Waals surface area (Å²) in [5.74, 6) is -1.86. The van der Waals surface area contributed by atoms with Crippen LogP contribution < -0.4 is 0 Å². The number of nitrogens with zero attached hydrogens (tertiary/aromatic N) is 1. The highest BCUT2D eigenvalue weighted by Gasteiger charge is 2.49. The Labute approximate surface area is 176 Å². The third kappa shape index (κ3) is 3.42. The number of aliphatic hydroxyl groups is 1. The van der Waals surface area contributed by atoms with E-state index in [1.54, 1.807) is 11.8 Å². The van der Waals surface area contributed by atoms with Gasteiger partial charge in [-0.15, -0.1) is 0 Å². The maximum absolute atomic E-state index is 13.8. The van der Waals surface area contributed by atoms with E-state index in [4.69, 9.17) is 0 Å². The third-order valence-electron chi connectivity index (χ3n) is 6.36. The number of hydrogen-bond donors (Lipinski definition) is 1. The molecule has 1 amide bonds. The fourth-order valence-electron chi connectivity index (χ4n) is 4.73. The van der Waals surface area contributed by atoms with Crippen LogP contribution in [0.25, 0.3) is 5.76 Å². The monoisotopic (exact) mass is 407 g/mol. The van der Waals surface area contributed by atoms with Gasteiger partial charge in [0.05, 0.1) is 11.6 Å². The van der Waals surface area contributed by atoms with E-state index < -0.39 is 17.7 Å². The molecule has 30 heavy (non-hydrogen) atoms. The molecule has 5 heteroatoms. The third-order valence-corrected chi connectivity index (χ3v) is 6.36. The molecular formula is C25H26FNO3. The predicted molar refractivity (Wildman–Crippen MR) is 113 cm³/mol. The van der Waals surface area contributed by atoms with Gasteiger partial charge < -0.3 is 10.0 Å². The first-order valence-corrected chi connectivity index (χ1v) is 10.5. The summed E-state index contributed by atoms with van der Waals surface area (Å²) in [5, 5.41) is 11.1. The van der Waals surface area contributed by atoms with Gasteiger partial charge in [0, 0.05) is 11.6 Å². The lowest BCUT2D eigenvalue weighted by Crippen LogP contribution is -2.40. The maximum Gasteiger partial charge on any atom is 0.295 e. The number of halogens is 1. The van der Waals surface area contributed by atoms with Crippen molar-refractivity contribution < 1.29 is 19.1 Å². The van der Waals surface area contributed by atoms with Crippen molar-refractivity contribution in [3.8, 4) is 0 Å². The van der Waals surface area contributed by atoms with Gasteiger partial charge in [0.25, 0.3) is 11.7 Å². The highest BCUT2D eigenvalue weighted by molar-refractivity contribution is 6.46. The van der Waals surface area contributed by atoms with Crippen molar-refractivity contribution in [2.45, 2.75) is 58.0 Å². The molecule has 4 nitrogen and oxygen atoms in total. The van der Waals surface area contributed by atoms with E-state index in [9.17, 15) is 19.1 Å². The Bertz CT molecular complexity index is 1040. The number of ketones is 1. The van der Waals surface area contributed by atoms with E-state index in [1.165, 1.54) is 18.2 Å². The number of carbonyl (C=O) groups excluding carboxylic acids is 2. The van der Waals surface area contributed by atoms with Crippen molar-refractivity contribution in [2.24, 2.45) is 0 Å². The van der Waals surface area contributed by atoms with Crippen LogP contribution in [0.2, 0.25) is 0 Å². The molecule has 4 rings (SSSR count). The Morgan fingerprint density at radius 3 is 2.37 bits per heavy atom. The highest BCUT2D eigenvalue weighted by atomic mass is 19.1. The summed E-state index contributed by atoms with van der Waals surface area (Å²) in [5.41, 5.74) is 2.59. The van der Waals surface area contributed by atoms with Gasteiger partial charge in [-0.05, 0) is 61.6 Å². The lowest BCUT2D eigenvalue weighted by molar-refractivity contribution is -0.141. The highest BCUT2D eigenvalue weighted by Crippen LogP contribution is 2.43. The van der Waals surface area contributed by atoms with Gasteiger partial charge in [0.2, 0.25) is 0 Å². The molecule has 1 aliphatic carbocycles. The Kier molecular flexibility index (Phi) is 5.46. The average molecular weight is 407 g/mol. The summed E-state index contributed by atoms with van der Waals surface area (Å²) in [6.45, 7) is 3.55. The zero-order valence-corrected chi connectivity index (χ0v) is 17.3. The van der Waals surface area contributed by atoms with Gasteiger partial charge in [0.15, 0.2) is 0 Å². The molecule has 1 aliphatic heterocycles. The van der Waals surface area contributed by atoms with Crippen molar-refractivity contribution in [3.63, 3.8) is 0 Å². The molecule has 1 atom stereocenters. The summed E-state index contributed by atoms with van der Waals surface area (Å²) in [6, 6.07) is 11.2. The minimum atomic E-state index is -0.673. The van der Waals surface area contributed by atoms with E-state index >= 15 is 0 Å². The van der Waals surface area contributed by atoms with Crippen molar-refractivity contribution in [3.05, 3.63) is 76.1 Å². The Morgan fingerprint density at radius 2 is 1.70 bits per heavy atom. The smallest absolute Gasteiger partial charge is 0.295 e. The van der Waals surface area contributed by atoms with E-state index in [1.807, 2.05) is 31.2 Å². The molecule has 0 radical (unpaired) electrons. The molecule has 1 saturated heterocycles. The molecule has 2 fully saturated rings. The van der Waals surface area contributed by atoms with Crippen LogP contribution in [-0.4, -0.2) is 27.7 Å². The number of aliphatic hydroxyl groups excluding tert-OH is 1. The summed E-state index contributed by atoms with van der Waals surface area (Å²) in [7, 11) is 0. The largest absolute Gasteiger partial charge is 0.507 e. The number of benzene rings is 2. The zero-order chi connectivity index (χ0) is 21.4. The van der Waals surface area contributed by atoms with E-state index in [0.717, 1.165) is 43.2 Å². The molecule has 1 N–H and O–H groups in total. The number of amides is 1. The van der Waals surface area contributed by atoms with Gasteiger partial charge in [-0.2, -0.15) is 0 Å². The minimum absolute atomic E-state index is 0.0277. The first-order chi connectivity index (χ1) is 14.4. The number of likely N-dealkylation sites (tertiary alicyclic amines) is 1. The van der Waals surface area contributed by atoms with Gasteiger partial charge in [-0.3, -0.25) is 9.59 Å². The quantitative estimate of drug-likeness (QED) is 0.432. The Hall–Kier alpha value is -2.95. The first kappa shape index (κ1) is 20.3. The fourth-order valence-corrected chi connectivity index (χ4v) is 4.73. The molecule has 0 spiro atoms. The predicted octanol–water partition coefficient (Wildman–Crippen LogP) is 5.20. The van der Waals surface area contributed by atoms with Crippen LogP contribution in [0.3, 0.4) is 0 Å². The molecule has 0 aromatic heterocycles. The van der Waals surface area contributed by atoms with Crippen molar-refractivity contribution >= 4 is 17.4 Å². The molecular weight excluding hydrogens is 381 g/mol. The lowest BCUT2D eigenvalue weighted by atomic mass is 9.89. The maximum atomic E-state index is 13.8. The standard InChI is InChI=1S/C25H26FNO3/c1-15-8-6-7-11-19(15)22-21(23(28)17-12-13-20(26)16(2)14-17)24(29)25(30)27(22)18-9-4-3-5-10-18/h6-8,11-14,18,22,28H,3-5,9-10H2,1-2H3/b23-21+. The van der Waals surface area contributed by atoms with E-state index in [2.05, 4.69) is 0 Å². The molecule has 156 valence electrons. The fraction of sp³-hybridized carbons (Fsp3) is 0.360. The Balaban J connectivity index is 1.90. The number of carbonyl (C=O) groups is 2. The summed E-state index contributed by atoms with van der Waals surface area (Å²) < 4.78 is 13.8. The lowest BCUT2D eigenvalue weighted by Gasteiger charge is -2.36. The second-order valence-electron chi connectivity index (χ2n) is 8.32. The van der Waals surface area contributed by atoms with Crippen LogP contribution in [0.5, 0.6) is 0 Å². The molecule has 1 heterocycles. The Morgan fingerprint density at radius 1 is 1.00 bits per heavy atom. The van der Waals surface area contributed by atoms with Crippen LogP contribution in [0, 0.1) is 19.7 Å². The van der Waals surface area contributed by atoms with Gasteiger partial charge in [0.1, 0.15) is 11.6 Å². The van der Waals surface area contributed by atoms with E-state index in [0.29, 0.717) is 11.1 Å². The zero-order valence-electron chi connectivity index (χ0n) is 17.3. The molecule has 2 aliphatic rings. The summed E-state index contributed by atoms with van der Waals surface area (Å²) in [6.07, 6.45) is 4.87. The molecule has 1 saturated carbocycles. The van der Waals surface area contributed by atoms with Crippen LogP contribution >= 0.6 is 0 Å². The average Bonchev–Trinajstić information content (AvgIpc) is 3.01. The van der Waals surface area contributed by atoms with Crippen molar-refractivity contribution in [1.29, 1.82) is 0 Å². The van der Waals surface area contributed by atoms with Crippen LogP contribution in [0.4, 0.5) is 4.39 Å². The number of rotatable bonds is 3. The molecule has 1 unspecified atom stereocenters. The summed E-state index contributed by atoms with van der Waals surface area (Å²) in [4.78, 5) is 28.0. The number of Topliss-reactive ketones (excluding diaryl/α,β-unsaturated/α-hetero) is 1. The second kappa shape index (κ2) is 8.05. The SMILES string of the molecule is Cc1cc(/C(O)=C2\C(=O)C(=O)N(C3CCCCC3)C2c2ccccc2C)ccc1F. The summed E-state index contributed by atoms with van der Waals surface area (Å²) >= 11 is 0. The topological polar surface area (TPSA) is 57.6 Å².